The van der Waals surface area contributed by atoms with E-state index in [1.54, 1.807) is 0 Å². The molecule has 98 valence electrons. The van der Waals surface area contributed by atoms with Crippen LogP contribution in [-0.2, 0) is 9.53 Å². The Morgan fingerprint density at radius 3 is 2.88 bits per heavy atom. The van der Waals surface area contributed by atoms with E-state index in [1.807, 2.05) is 0 Å². The number of carbonyl (C=O) groups excluding carboxylic acids is 1. The summed E-state index contributed by atoms with van der Waals surface area (Å²) >= 11 is 0. The number of nitrogens with two attached hydrogens (primary N) is 1. The molecule has 0 aromatic carbocycles. The van der Waals surface area contributed by atoms with E-state index in [2.05, 4.69) is 12.2 Å². The second kappa shape index (κ2) is 5.83. The Morgan fingerprint density at radius 2 is 2.18 bits per heavy atom. The highest BCUT2D eigenvalue weighted by Crippen LogP contribution is 2.27. The predicted octanol–water partition coefficient (Wildman–Crippen LogP) is 1.05. The third-order valence-electron chi connectivity index (χ3n) is 4.16. The molecular weight excluding hydrogens is 216 g/mol. The standard InChI is InChI=1S/C13H24N2O2/c1-9-4-2-6-11(12(9)14)13(16)15-8-10-5-3-7-17-10/h9-12H,2-8,14H2,1H3,(H,15,16). The van der Waals surface area contributed by atoms with E-state index >= 15 is 0 Å². The highest BCUT2D eigenvalue weighted by Gasteiger charge is 2.32. The van der Waals surface area contributed by atoms with Gasteiger partial charge in [0.05, 0.1) is 12.0 Å². The molecule has 17 heavy (non-hydrogen) atoms. The minimum Gasteiger partial charge on any atom is -0.376 e. The van der Waals surface area contributed by atoms with Crippen LogP contribution < -0.4 is 11.1 Å². The minimum absolute atomic E-state index is 0.000142. The SMILES string of the molecule is CC1CCCC(C(=O)NCC2CCCO2)C1N. The van der Waals surface area contributed by atoms with Crippen LogP contribution >= 0.6 is 0 Å². The van der Waals surface area contributed by atoms with Gasteiger partial charge < -0.3 is 15.8 Å². The summed E-state index contributed by atoms with van der Waals surface area (Å²) in [5, 5.41) is 3.00. The zero-order valence-electron chi connectivity index (χ0n) is 10.7. The molecule has 0 aromatic rings. The molecule has 1 saturated heterocycles. The monoisotopic (exact) mass is 240 g/mol. The van der Waals surface area contributed by atoms with Gasteiger partial charge in [0.1, 0.15) is 0 Å². The number of carbonyl (C=O) groups is 1. The lowest BCUT2D eigenvalue weighted by Gasteiger charge is -2.33. The first-order valence-electron chi connectivity index (χ1n) is 6.83. The van der Waals surface area contributed by atoms with E-state index < -0.39 is 0 Å². The number of hydrogen-bond acceptors (Lipinski definition) is 3. The molecule has 2 fully saturated rings. The van der Waals surface area contributed by atoms with Crippen molar-refractivity contribution in [2.45, 2.75) is 51.2 Å². The summed E-state index contributed by atoms with van der Waals surface area (Å²) in [6.07, 6.45) is 5.59. The second-order valence-corrected chi connectivity index (χ2v) is 5.47. The third-order valence-corrected chi connectivity index (χ3v) is 4.16. The van der Waals surface area contributed by atoms with Gasteiger partial charge in [-0.05, 0) is 31.6 Å². The molecule has 2 rings (SSSR count). The van der Waals surface area contributed by atoms with Crippen LogP contribution in [0.25, 0.3) is 0 Å². The van der Waals surface area contributed by atoms with E-state index in [0.717, 1.165) is 38.7 Å². The Labute approximate surface area is 103 Å². The molecule has 1 aliphatic carbocycles. The van der Waals surface area contributed by atoms with Gasteiger partial charge in [0.2, 0.25) is 5.91 Å². The molecule has 0 radical (unpaired) electrons. The van der Waals surface area contributed by atoms with Crippen LogP contribution in [-0.4, -0.2) is 31.2 Å². The van der Waals surface area contributed by atoms with Crippen LogP contribution in [0.15, 0.2) is 0 Å². The molecule has 0 aromatic heterocycles. The average Bonchev–Trinajstić information content (AvgIpc) is 2.82. The smallest absolute Gasteiger partial charge is 0.224 e. The topological polar surface area (TPSA) is 64.3 Å². The highest BCUT2D eigenvalue weighted by molar-refractivity contribution is 5.79. The highest BCUT2D eigenvalue weighted by atomic mass is 16.5. The number of ether oxygens (including phenoxy) is 1. The van der Waals surface area contributed by atoms with Gasteiger partial charge in [-0.3, -0.25) is 4.79 Å². The first kappa shape index (κ1) is 12.8. The van der Waals surface area contributed by atoms with Crippen molar-refractivity contribution in [3.05, 3.63) is 0 Å². The van der Waals surface area contributed by atoms with Gasteiger partial charge in [0.25, 0.3) is 0 Å². The Bertz CT molecular complexity index is 264. The van der Waals surface area contributed by atoms with Gasteiger partial charge in [-0.25, -0.2) is 0 Å². The number of rotatable bonds is 3. The maximum Gasteiger partial charge on any atom is 0.224 e. The van der Waals surface area contributed by atoms with Crippen molar-refractivity contribution in [2.24, 2.45) is 17.6 Å². The van der Waals surface area contributed by atoms with Crippen LogP contribution in [0.1, 0.15) is 39.0 Å². The molecule has 0 spiro atoms. The largest absolute Gasteiger partial charge is 0.376 e. The molecule has 4 atom stereocenters. The zero-order valence-corrected chi connectivity index (χ0v) is 10.7. The lowest BCUT2D eigenvalue weighted by Crippen LogP contribution is -2.48. The maximum atomic E-state index is 12.1. The third kappa shape index (κ3) is 3.19. The quantitative estimate of drug-likeness (QED) is 0.775. The maximum absolute atomic E-state index is 12.1. The van der Waals surface area contributed by atoms with Crippen molar-refractivity contribution < 1.29 is 9.53 Å². The van der Waals surface area contributed by atoms with Gasteiger partial charge in [-0.2, -0.15) is 0 Å². The molecule has 3 N–H and O–H groups in total. The van der Waals surface area contributed by atoms with E-state index in [4.69, 9.17) is 10.5 Å². The predicted molar refractivity (Wildman–Crippen MR) is 66.5 cm³/mol. The first-order chi connectivity index (χ1) is 8.18. The number of hydrogen-bond donors (Lipinski definition) is 2. The number of amides is 1. The lowest BCUT2D eigenvalue weighted by molar-refractivity contribution is -0.127. The molecule has 4 nitrogen and oxygen atoms in total. The van der Waals surface area contributed by atoms with Gasteiger partial charge in [-0.1, -0.05) is 13.3 Å². The molecule has 4 unspecified atom stereocenters. The van der Waals surface area contributed by atoms with E-state index in [9.17, 15) is 4.79 Å². The summed E-state index contributed by atoms with van der Waals surface area (Å²) in [5.74, 6) is 0.585. The lowest BCUT2D eigenvalue weighted by atomic mass is 9.78. The van der Waals surface area contributed by atoms with Crippen molar-refractivity contribution in [1.29, 1.82) is 0 Å². The van der Waals surface area contributed by atoms with E-state index in [0.29, 0.717) is 12.5 Å². The van der Waals surface area contributed by atoms with Crippen molar-refractivity contribution >= 4 is 5.91 Å². The van der Waals surface area contributed by atoms with E-state index in [-0.39, 0.29) is 24.0 Å². The first-order valence-corrected chi connectivity index (χ1v) is 6.83. The summed E-state index contributed by atoms with van der Waals surface area (Å²) < 4.78 is 5.49. The van der Waals surface area contributed by atoms with Gasteiger partial charge >= 0.3 is 0 Å². The summed E-state index contributed by atoms with van der Waals surface area (Å²) in [5.41, 5.74) is 6.12. The summed E-state index contributed by atoms with van der Waals surface area (Å²) in [6.45, 7) is 3.63. The van der Waals surface area contributed by atoms with Crippen molar-refractivity contribution in [3.63, 3.8) is 0 Å². The van der Waals surface area contributed by atoms with Crippen molar-refractivity contribution in [1.82, 2.24) is 5.32 Å². The van der Waals surface area contributed by atoms with Gasteiger partial charge in [0.15, 0.2) is 0 Å². The number of nitrogens with one attached hydrogen (secondary N) is 1. The summed E-state index contributed by atoms with van der Waals surface area (Å²) in [4.78, 5) is 12.1. The molecule has 0 bridgehead atoms. The fourth-order valence-corrected chi connectivity index (χ4v) is 2.90. The summed E-state index contributed by atoms with van der Waals surface area (Å²) in [7, 11) is 0. The molecule has 1 saturated carbocycles. The van der Waals surface area contributed by atoms with Crippen LogP contribution in [0.4, 0.5) is 0 Å². The molecule has 2 aliphatic rings. The van der Waals surface area contributed by atoms with Crippen LogP contribution in [0.5, 0.6) is 0 Å². The normalized spacial score (nSPS) is 38.0. The second-order valence-electron chi connectivity index (χ2n) is 5.47. The van der Waals surface area contributed by atoms with Crippen LogP contribution in [0.2, 0.25) is 0 Å². The minimum atomic E-state index is 0.000142. The van der Waals surface area contributed by atoms with Crippen molar-refractivity contribution in [3.8, 4) is 0 Å². The Kier molecular flexibility index (Phi) is 4.40. The summed E-state index contributed by atoms with van der Waals surface area (Å²) in [6, 6.07) is 0.0215. The Morgan fingerprint density at radius 1 is 1.35 bits per heavy atom. The molecule has 1 amide bonds. The average molecular weight is 240 g/mol. The van der Waals surface area contributed by atoms with E-state index in [1.165, 1.54) is 0 Å². The molecule has 1 heterocycles. The van der Waals surface area contributed by atoms with Gasteiger partial charge in [-0.15, -0.1) is 0 Å². The molecular formula is C13H24N2O2. The van der Waals surface area contributed by atoms with Crippen LogP contribution in [0, 0.1) is 11.8 Å². The Hall–Kier alpha value is -0.610. The fourth-order valence-electron chi connectivity index (χ4n) is 2.90. The zero-order chi connectivity index (χ0) is 12.3. The Balaban J connectivity index is 1.78. The molecule has 4 heteroatoms. The fraction of sp³-hybridized carbons (Fsp3) is 0.923. The van der Waals surface area contributed by atoms with Crippen molar-refractivity contribution in [2.75, 3.05) is 13.2 Å². The van der Waals surface area contributed by atoms with Gasteiger partial charge in [0, 0.05) is 19.2 Å². The molecule has 1 aliphatic heterocycles. The van der Waals surface area contributed by atoms with Crippen LogP contribution in [0.3, 0.4) is 0 Å².